The fraction of sp³-hybridized carbons (Fsp3) is 1.00. The van der Waals surface area contributed by atoms with Gasteiger partial charge in [0, 0.05) is 19.1 Å². The summed E-state index contributed by atoms with van der Waals surface area (Å²) in [5, 5.41) is 0. The van der Waals surface area contributed by atoms with Crippen molar-refractivity contribution in [1.29, 1.82) is 0 Å². The van der Waals surface area contributed by atoms with Gasteiger partial charge in [-0.3, -0.25) is 0 Å². The van der Waals surface area contributed by atoms with E-state index in [-0.39, 0.29) is 0 Å². The Hall–Kier alpha value is -0.0800. The zero-order chi connectivity index (χ0) is 7.07. The van der Waals surface area contributed by atoms with Gasteiger partial charge < -0.3 is 10.6 Å². The smallest absolute Gasteiger partial charge is 0.0232 e. The van der Waals surface area contributed by atoms with Crippen molar-refractivity contribution in [1.82, 2.24) is 4.90 Å². The summed E-state index contributed by atoms with van der Waals surface area (Å²) in [4.78, 5) is 2.28. The van der Waals surface area contributed by atoms with Crippen LogP contribution in [0.15, 0.2) is 0 Å². The van der Waals surface area contributed by atoms with E-state index < -0.39 is 0 Å². The van der Waals surface area contributed by atoms with Gasteiger partial charge in [-0.25, -0.2) is 0 Å². The highest BCUT2D eigenvalue weighted by Crippen LogP contribution is 2.26. The van der Waals surface area contributed by atoms with Crippen molar-refractivity contribution in [2.45, 2.75) is 19.9 Å². The summed E-state index contributed by atoms with van der Waals surface area (Å²) in [6.07, 6.45) is 0. The van der Waals surface area contributed by atoms with Gasteiger partial charge in [-0.05, 0) is 12.5 Å². The molecule has 1 aliphatic rings. The molecule has 2 heteroatoms. The van der Waals surface area contributed by atoms with Crippen LogP contribution >= 0.6 is 0 Å². The van der Waals surface area contributed by atoms with Crippen molar-refractivity contribution in [2.75, 3.05) is 20.1 Å². The Labute approximate surface area is 57.0 Å². The minimum Gasteiger partial charge on any atom is -0.326 e. The molecule has 0 unspecified atom stereocenters. The van der Waals surface area contributed by atoms with Crippen LogP contribution in [-0.4, -0.2) is 31.1 Å². The van der Waals surface area contributed by atoms with Crippen molar-refractivity contribution < 1.29 is 0 Å². The molecule has 1 saturated heterocycles. The third kappa shape index (κ3) is 1.25. The third-order valence-electron chi connectivity index (χ3n) is 2.19. The number of likely N-dealkylation sites (N-methyl/N-ethyl adjacent to an activating group) is 1. The van der Waals surface area contributed by atoms with Gasteiger partial charge in [0.15, 0.2) is 0 Å². The first-order chi connectivity index (χ1) is 4.02. The van der Waals surface area contributed by atoms with Crippen molar-refractivity contribution in [2.24, 2.45) is 11.1 Å². The molecule has 1 aliphatic heterocycles. The van der Waals surface area contributed by atoms with Crippen LogP contribution < -0.4 is 5.73 Å². The molecule has 9 heavy (non-hydrogen) atoms. The molecule has 0 aromatic carbocycles. The molecule has 1 heterocycles. The number of nitrogens with two attached hydrogens (primary N) is 1. The van der Waals surface area contributed by atoms with E-state index in [1.54, 1.807) is 0 Å². The lowest BCUT2D eigenvalue weighted by molar-refractivity contribution is 0.324. The van der Waals surface area contributed by atoms with Crippen LogP contribution in [0.5, 0.6) is 0 Å². The maximum Gasteiger partial charge on any atom is 0.0232 e. The van der Waals surface area contributed by atoms with Gasteiger partial charge in [-0.1, -0.05) is 13.8 Å². The van der Waals surface area contributed by atoms with Gasteiger partial charge >= 0.3 is 0 Å². The minimum absolute atomic E-state index is 0.328. The van der Waals surface area contributed by atoms with Crippen LogP contribution in [0.1, 0.15) is 13.8 Å². The summed E-state index contributed by atoms with van der Waals surface area (Å²) in [6, 6.07) is 0.363. The molecule has 0 spiro atoms. The first-order valence-electron chi connectivity index (χ1n) is 3.46. The summed E-state index contributed by atoms with van der Waals surface area (Å²) < 4.78 is 0. The van der Waals surface area contributed by atoms with Gasteiger partial charge in [-0.2, -0.15) is 0 Å². The highest BCUT2D eigenvalue weighted by molar-refractivity contribution is 4.91. The summed E-state index contributed by atoms with van der Waals surface area (Å²) in [5.74, 6) is 0. The summed E-state index contributed by atoms with van der Waals surface area (Å²) >= 11 is 0. The molecule has 1 rings (SSSR count). The molecular weight excluding hydrogens is 112 g/mol. The van der Waals surface area contributed by atoms with E-state index in [0.717, 1.165) is 13.1 Å². The predicted molar refractivity (Wildman–Crippen MR) is 39.3 cm³/mol. The Balaban J connectivity index is 2.58. The van der Waals surface area contributed by atoms with E-state index >= 15 is 0 Å². The van der Waals surface area contributed by atoms with E-state index in [2.05, 4.69) is 25.8 Å². The van der Waals surface area contributed by atoms with Crippen LogP contribution in [-0.2, 0) is 0 Å². The van der Waals surface area contributed by atoms with E-state index in [1.807, 2.05) is 0 Å². The molecule has 0 aliphatic carbocycles. The Bertz CT molecular complexity index is 109. The Morgan fingerprint density at radius 2 is 2.11 bits per heavy atom. The average molecular weight is 128 g/mol. The van der Waals surface area contributed by atoms with Crippen LogP contribution in [0.3, 0.4) is 0 Å². The lowest BCUT2D eigenvalue weighted by Crippen LogP contribution is -2.35. The molecule has 0 saturated carbocycles. The van der Waals surface area contributed by atoms with Crippen LogP contribution in [0.4, 0.5) is 0 Å². The summed E-state index contributed by atoms with van der Waals surface area (Å²) in [5.41, 5.74) is 6.19. The molecule has 1 atom stereocenters. The molecular formula is C7H16N2. The van der Waals surface area contributed by atoms with E-state index in [0.29, 0.717) is 11.5 Å². The molecule has 1 fully saturated rings. The predicted octanol–water partition coefficient (Wildman–Crippen LogP) is 0.285. The van der Waals surface area contributed by atoms with Crippen LogP contribution in [0.25, 0.3) is 0 Å². The second-order valence-corrected chi connectivity index (χ2v) is 3.79. The standard InChI is InChI=1S/C7H16N2/c1-7(2)5-9(3)4-6(7)8/h6H,4-5,8H2,1-3H3/t6-/m1/s1. The highest BCUT2D eigenvalue weighted by atomic mass is 15.2. The molecule has 2 N–H and O–H groups in total. The van der Waals surface area contributed by atoms with Crippen molar-refractivity contribution in [3.8, 4) is 0 Å². The maximum absolute atomic E-state index is 5.86. The number of likely N-dealkylation sites (tertiary alicyclic amines) is 1. The van der Waals surface area contributed by atoms with Gasteiger partial charge in [0.25, 0.3) is 0 Å². The first kappa shape index (κ1) is 7.03. The van der Waals surface area contributed by atoms with Crippen molar-refractivity contribution in [3.05, 3.63) is 0 Å². The normalized spacial score (nSPS) is 35.3. The molecule has 0 aromatic heterocycles. The Kier molecular flexibility index (Phi) is 1.53. The second kappa shape index (κ2) is 1.96. The topological polar surface area (TPSA) is 29.3 Å². The van der Waals surface area contributed by atoms with E-state index in [9.17, 15) is 0 Å². The summed E-state index contributed by atoms with van der Waals surface area (Å²) in [7, 11) is 2.12. The van der Waals surface area contributed by atoms with Gasteiger partial charge in [-0.15, -0.1) is 0 Å². The Morgan fingerprint density at radius 3 is 2.22 bits per heavy atom. The molecule has 0 radical (unpaired) electrons. The van der Waals surface area contributed by atoms with Gasteiger partial charge in [0.1, 0.15) is 0 Å². The largest absolute Gasteiger partial charge is 0.326 e. The molecule has 0 aromatic rings. The highest BCUT2D eigenvalue weighted by Gasteiger charge is 2.34. The fourth-order valence-corrected chi connectivity index (χ4v) is 1.46. The lowest BCUT2D eigenvalue weighted by Gasteiger charge is -2.21. The molecule has 54 valence electrons. The van der Waals surface area contributed by atoms with Crippen LogP contribution in [0, 0.1) is 5.41 Å². The van der Waals surface area contributed by atoms with Crippen LogP contribution in [0.2, 0.25) is 0 Å². The van der Waals surface area contributed by atoms with Crippen molar-refractivity contribution in [3.63, 3.8) is 0 Å². The van der Waals surface area contributed by atoms with E-state index in [4.69, 9.17) is 5.73 Å². The van der Waals surface area contributed by atoms with Gasteiger partial charge in [0.2, 0.25) is 0 Å². The zero-order valence-corrected chi connectivity index (χ0v) is 6.52. The fourth-order valence-electron chi connectivity index (χ4n) is 1.46. The lowest BCUT2D eigenvalue weighted by atomic mass is 9.89. The monoisotopic (exact) mass is 128 g/mol. The van der Waals surface area contributed by atoms with Crippen molar-refractivity contribution >= 4 is 0 Å². The number of rotatable bonds is 0. The number of hydrogen-bond donors (Lipinski definition) is 1. The third-order valence-corrected chi connectivity index (χ3v) is 2.19. The maximum atomic E-state index is 5.86. The minimum atomic E-state index is 0.328. The first-order valence-corrected chi connectivity index (χ1v) is 3.46. The SMILES string of the molecule is CN1C[C@@H](N)C(C)(C)C1. The van der Waals surface area contributed by atoms with Gasteiger partial charge in [0.05, 0.1) is 0 Å². The summed E-state index contributed by atoms with van der Waals surface area (Å²) in [6.45, 7) is 6.63. The molecule has 0 bridgehead atoms. The second-order valence-electron chi connectivity index (χ2n) is 3.79. The quantitative estimate of drug-likeness (QED) is 0.508. The molecule has 2 nitrogen and oxygen atoms in total. The number of hydrogen-bond acceptors (Lipinski definition) is 2. The molecule has 0 amide bonds. The zero-order valence-electron chi connectivity index (χ0n) is 6.52. The Morgan fingerprint density at radius 1 is 1.56 bits per heavy atom. The number of nitrogens with zero attached hydrogens (tertiary/aromatic N) is 1. The van der Waals surface area contributed by atoms with E-state index in [1.165, 1.54) is 0 Å². The average Bonchev–Trinajstić information content (AvgIpc) is 1.79.